The van der Waals surface area contributed by atoms with Gasteiger partial charge in [0.2, 0.25) is 0 Å². The van der Waals surface area contributed by atoms with E-state index in [4.69, 9.17) is 4.74 Å². The average molecular weight is 393 g/mol. The lowest BCUT2D eigenvalue weighted by Gasteiger charge is -2.08. The number of halogens is 2. The van der Waals surface area contributed by atoms with Crippen molar-refractivity contribution in [1.82, 2.24) is 4.98 Å². The average Bonchev–Trinajstić information content (AvgIpc) is 3.04. The molecule has 116 valence electrons. The number of anilines is 1. The topological polar surface area (TPSA) is 51.2 Å². The van der Waals surface area contributed by atoms with Crippen molar-refractivity contribution < 1.29 is 13.9 Å². The smallest absolute Gasteiger partial charge is 0.257 e. The quantitative estimate of drug-likeness (QED) is 0.672. The normalized spacial score (nSPS) is 10.3. The van der Waals surface area contributed by atoms with Crippen molar-refractivity contribution in [3.8, 4) is 11.5 Å². The van der Waals surface area contributed by atoms with Crippen molar-refractivity contribution in [2.75, 3.05) is 5.32 Å². The van der Waals surface area contributed by atoms with Crippen LogP contribution in [-0.4, -0.2) is 10.9 Å². The van der Waals surface area contributed by atoms with E-state index in [-0.39, 0.29) is 11.3 Å². The standard InChI is InChI=1S/C16H10BrFN2O2S/c17-11-2-4-12(5-3-11)22-14-6-1-10(9-13(14)18)15(21)20-16-19-7-8-23-16/h1-9H,(H,19,20,21). The molecule has 1 N–H and O–H groups in total. The van der Waals surface area contributed by atoms with E-state index >= 15 is 0 Å². The summed E-state index contributed by atoms with van der Waals surface area (Å²) in [5.41, 5.74) is 0.195. The summed E-state index contributed by atoms with van der Waals surface area (Å²) in [6.07, 6.45) is 1.58. The summed E-state index contributed by atoms with van der Waals surface area (Å²) in [4.78, 5) is 16.0. The molecule has 0 spiro atoms. The van der Waals surface area contributed by atoms with Gasteiger partial charge in [0.1, 0.15) is 5.75 Å². The zero-order valence-corrected chi connectivity index (χ0v) is 14.0. The van der Waals surface area contributed by atoms with Crippen LogP contribution in [0.5, 0.6) is 11.5 Å². The molecular weight excluding hydrogens is 383 g/mol. The van der Waals surface area contributed by atoms with Gasteiger partial charge in [0, 0.05) is 21.6 Å². The van der Waals surface area contributed by atoms with E-state index in [0.717, 1.165) is 10.5 Å². The van der Waals surface area contributed by atoms with E-state index < -0.39 is 11.7 Å². The number of benzene rings is 2. The van der Waals surface area contributed by atoms with Crippen LogP contribution in [0.25, 0.3) is 0 Å². The van der Waals surface area contributed by atoms with Crippen LogP contribution < -0.4 is 10.1 Å². The van der Waals surface area contributed by atoms with E-state index in [2.05, 4.69) is 26.2 Å². The van der Waals surface area contributed by atoms with Crippen LogP contribution in [0.4, 0.5) is 9.52 Å². The molecule has 0 aliphatic carbocycles. The van der Waals surface area contributed by atoms with Gasteiger partial charge in [0.15, 0.2) is 16.7 Å². The van der Waals surface area contributed by atoms with Gasteiger partial charge in [-0.15, -0.1) is 11.3 Å². The zero-order chi connectivity index (χ0) is 16.2. The monoisotopic (exact) mass is 392 g/mol. The maximum atomic E-state index is 14.1. The number of carbonyl (C=O) groups is 1. The molecule has 0 fully saturated rings. The number of amides is 1. The first-order valence-electron chi connectivity index (χ1n) is 6.55. The number of nitrogens with one attached hydrogen (secondary N) is 1. The van der Waals surface area contributed by atoms with Crippen molar-refractivity contribution in [3.63, 3.8) is 0 Å². The van der Waals surface area contributed by atoms with Crippen LogP contribution in [-0.2, 0) is 0 Å². The molecule has 4 nitrogen and oxygen atoms in total. The van der Waals surface area contributed by atoms with Crippen LogP contribution in [0.2, 0.25) is 0 Å². The van der Waals surface area contributed by atoms with Crippen LogP contribution in [0.3, 0.4) is 0 Å². The summed E-state index contributed by atoms with van der Waals surface area (Å²) in [5, 5.41) is 4.80. The first-order valence-corrected chi connectivity index (χ1v) is 8.23. The van der Waals surface area contributed by atoms with Gasteiger partial charge in [-0.2, -0.15) is 0 Å². The fourth-order valence-electron chi connectivity index (χ4n) is 1.81. The molecule has 3 aromatic rings. The molecule has 0 saturated heterocycles. The fraction of sp³-hybridized carbons (Fsp3) is 0. The molecule has 1 heterocycles. The van der Waals surface area contributed by atoms with Gasteiger partial charge in [-0.1, -0.05) is 15.9 Å². The Labute approximate surface area is 144 Å². The molecule has 1 amide bonds. The Kier molecular flexibility index (Phi) is 4.68. The summed E-state index contributed by atoms with van der Waals surface area (Å²) in [6.45, 7) is 0. The molecule has 0 aliphatic rings. The lowest BCUT2D eigenvalue weighted by atomic mass is 10.2. The second kappa shape index (κ2) is 6.89. The summed E-state index contributed by atoms with van der Waals surface area (Å²) in [6, 6.07) is 11.1. The molecule has 0 atom stereocenters. The lowest BCUT2D eigenvalue weighted by molar-refractivity contribution is 0.102. The maximum absolute atomic E-state index is 14.1. The summed E-state index contributed by atoms with van der Waals surface area (Å²) in [5.74, 6) is -0.473. The molecule has 2 aromatic carbocycles. The largest absolute Gasteiger partial charge is 0.454 e. The Hall–Kier alpha value is -2.25. The Balaban J connectivity index is 1.75. The summed E-state index contributed by atoms with van der Waals surface area (Å²) in [7, 11) is 0. The third kappa shape index (κ3) is 3.94. The first kappa shape index (κ1) is 15.6. The van der Waals surface area contributed by atoms with E-state index in [1.165, 1.54) is 23.5 Å². The predicted molar refractivity (Wildman–Crippen MR) is 90.7 cm³/mol. The second-order valence-corrected chi connectivity index (χ2v) is 6.30. The van der Waals surface area contributed by atoms with Gasteiger partial charge in [0.25, 0.3) is 5.91 Å². The van der Waals surface area contributed by atoms with E-state index in [1.54, 1.807) is 35.8 Å². The van der Waals surface area contributed by atoms with Crippen molar-refractivity contribution in [2.45, 2.75) is 0 Å². The molecule has 0 saturated carbocycles. The maximum Gasteiger partial charge on any atom is 0.257 e. The highest BCUT2D eigenvalue weighted by molar-refractivity contribution is 9.10. The predicted octanol–water partition coefficient (Wildman–Crippen LogP) is 5.09. The van der Waals surface area contributed by atoms with Crippen molar-refractivity contribution >= 4 is 38.3 Å². The number of ether oxygens (including phenoxy) is 1. The van der Waals surface area contributed by atoms with E-state index in [9.17, 15) is 9.18 Å². The molecule has 0 radical (unpaired) electrons. The number of carbonyl (C=O) groups excluding carboxylic acids is 1. The molecule has 3 rings (SSSR count). The third-order valence-electron chi connectivity index (χ3n) is 2.89. The Morgan fingerprint density at radius 1 is 1.22 bits per heavy atom. The van der Waals surface area contributed by atoms with E-state index in [1.807, 2.05) is 0 Å². The highest BCUT2D eigenvalue weighted by Crippen LogP contribution is 2.26. The first-order chi connectivity index (χ1) is 11.1. The zero-order valence-electron chi connectivity index (χ0n) is 11.6. The van der Waals surface area contributed by atoms with Gasteiger partial charge < -0.3 is 4.74 Å². The van der Waals surface area contributed by atoms with Gasteiger partial charge in [-0.05, 0) is 42.5 Å². The summed E-state index contributed by atoms with van der Waals surface area (Å²) < 4.78 is 20.5. The minimum absolute atomic E-state index is 0.0538. The van der Waals surface area contributed by atoms with E-state index in [0.29, 0.717) is 10.9 Å². The Bertz CT molecular complexity index is 823. The fourth-order valence-corrected chi connectivity index (χ4v) is 2.60. The van der Waals surface area contributed by atoms with Crippen molar-refractivity contribution in [2.24, 2.45) is 0 Å². The highest BCUT2D eigenvalue weighted by Gasteiger charge is 2.12. The number of nitrogens with zero attached hydrogens (tertiary/aromatic N) is 1. The summed E-state index contributed by atoms with van der Waals surface area (Å²) >= 11 is 4.61. The van der Waals surface area contributed by atoms with Crippen molar-refractivity contribution in [1.29, 1.82) is 0 Å². The van der Waals surface area contributed by atoms with Crippen LogP contribution in [0.1, 0.15) is 10.4 Å². The number of hydrogen-bond acceptors (Lipinski definition) is 4. The molecule has 1 aromatic heterocycles. The minimum Gasteiger partial charge on any atom is -0.454 e. The number of rotatable bonds is 4. The Morgan fingerprint density at radius 2 is 2.00 bits per heavy atom. The molecular formula is C16H10BrFN2O2S. The van der Waals surface area contributed by atoms with Crippen LogP contribution in [0, 0.1) is 5.82 Å². The van der Waals surface area contributed by atoms with Gasteiger partial charge in [-0.25, -0.2) is 9.37 Å². The SMILES string of the molecule is O=C(Nc1nccs1)c1ccc(Oc2ccc(Br)cc2)c(F)c1. The number of hydrogen-bond donors (Lipinski definition) is 1. The van der Waals surface area contributed by atoms with Crippen LogP contribution >= 0.6 is 27.3 Å². The lowest BCUT2D eigenvalue weighted by Crippen LogP contribution is -2.11. The second-order valence-electron chi connectivity index (χ2n) is 4.49. The van der Waals surface area contributed by atoms with Gasteiger partial charge in [-0.3, -0.25) is 10.1 Å². The third-order valence-corrected chi connectivity index (χ3v) is 4.11. The molecule has 0 unspecified atom stereocenters. The molecule has 0 bridgehead atoms. The van der Waals surface area contributed by atoms with Crippen molar-refractivity contribution in [3.05, 3.63) is 69.9 Å². The Morgan fingerprint density at radius 3 is 2.65 bits per heavy atom. The van der Waals surface area contributed by atoms with Gasteiger partial charge in [0.05, 0.1) is 0 Å². The van der Waals surface area contributed by atoms with Gasteiger partial charge >= 0.3 is 0 Å². The number of thiazole rings is 1. The molecule has 23 heavy (non-hydrogen) atoms. The highest BCUT2D eigenvalue weighted by atomic mass is 79.9. The molecule has 7 heteroatoms. The number of aromatic nitrogens is 1. The minimum atomic E-state index is -0.611. The van der Waals surface area contributed by atoms with Crippen LogP contribution in [0.15, 0.2) is 58.5 Å². The molecule has 0 aliphatic heterocycles.